The molecule has 1 atom stereocenters. The van der Waals surface area contributed by atoms with E-state index in [0.717, 1.165) is 0 Å². The molecule has 4 nitrogen and oxygen atoms in total. The van der Waals surface area contributed by atoms with E-state index in [1.807, 2.05) is 0 Å². The van der Waals surface area contributed by atoms with Gasteiger partial charge >= 0.3 is 5.97 Å². The molecule has 0 aliphatic carbocycles. The first-order valence-electron chi connectivity index (χ1n) is 6.47. The molecule has 116 valence electrons. The number of benzene rings is 2. The average Bonchev–Trinajstić information content (AvgIpc) is 2.51. The van der Waals surface area contributed by atoms with Gasteiger partial charge in [0.1, 0.15) is 11.5 Å². The minimum atomic E-state index is -1.08. The number of carboxylic acids is 1. The van der Waals surface area contributed by atoms with Crippen LogP contribution < -0.4 is 9.47 Å². The smallest absolute Gasteiger partial charge is 0.345 e. The first kappa shape index (κ1) is 16.5. The van der Waals surface area contributed by atoms with Crippen LogP contribution in [-0.4, -0.2) is 24.3 Å². The van der Waals surface area contributed by atoms with Gasteiger partial charge in [0.2, 0.25) is 0 Å². The number of hydrogen-bond acceptors (Lipinski definition) is 3. The van der Waals surface area contributed by atoms with Gasteiger partial charge in [0, 0.05) is 12.5 Å². The van der Waals surface area contributed by atoms with Crippen LogP contribution in [0.3, 0.4) is 0 Å². The van der Waals surface area contributed by atoms with Crippen LogP contribution in [-0.2, 0) is 11.2 Å². The highest BCUT2D eigenvalue weighted by molar-refractivity contribution is 6.42. The van der Waals surface area contributed by atoms with Crippen LogP contribution in [0.1, 0.15) is 5.56 Å². The predicted octanol–water partition coefficient (Wildman–Crippen LogP) is 4.08. The zero-order chi connectivity index (χ0) is 16.1. The fraction of sp³-hybridized carbons (Fsp3) is 0.188. The van der Waals surface area contributed by atoms with E-state index >= 15 is 0 Å². The molecule has 0 saturated carbocycles. The number of aliphatic carboxylic acids is 1. The van der Waals surface area contributed by atoms with Gasteiger partial charge in [-0.2, -0.15) is 0 Å². The Morgan fingerprint density at radius 2 is 1.86 bits per heavy atom. The van der Waals surface area contributed by atoms with Crippen LogP contribution in [0.2, 0.25) is 10.0 Å². The van der Waals surface area contributed by atoms with Gasteiger partial charge in [-0.15, -0.1) is 0 Å². The third kappa shape index (κ3) is 4.06. The number of carboxylic acid groups (broad SMARTS) is 1. The van der Waals surface area contributed by atoms with Crippen LogP contribution in [0.15, 0.2) is 42.5 Å². The summed E-state index contributed by atoms with van der Waals surface area (Å²) in [5, 5.41) is 10.1. The van der Waals surface area contributed by atoms with Crippen LogP contribution >= 0.6 is 23.2 Å². The molecule has 2 aromatic rings. The molecular formula is C16H14Cl2O4. The molecule has 0 amide bonds. The molecule has 0 aliphatic rings. The molecule has 2 rings (SSSR count). The van der Waals surface area contributed by atoms with Crippen LogP contribution in [0.4, 0.5) is 0 Å². The minimum Gasteiger partial charge on any atom is -0.497 e. The van der Waals surface area contributed by atoms with Gasteiger partial charge in [-0.1, -0.05) is 41.4 Å². The van der Waals surface area contributed by atoms with E-state index in [0.29, 0.717) is 27.1 Å². The van der Waals surface area contributed by atoms with Crippen LogP contribution in [0.5, 0.6) is 11.5 Å². The van der Waals surface area contributed by atoms with Gasteiger partial charge in [0.25, 0.3) is 0 Å². The summed E-state index contributed by atoms with van der Waals surface area (Å²) >= 11 is 12.0. The van der Waals surface area contributed by atoms with Crippen molar-refractivity contribution in [2.45, 2.75) is 12.5 Å². The van der Waals surface area contributed by atoms with E-state index in [1.165, 1.54) is 7.11 Å². The molecule has 22 heavy (non-hydrogen) atoms. The van der Waals surface area contributed by atoms with Gasteiger partial charge in [-0.25, -0.2) is 4.79 Å². The Kier molecular flexibility index (Phi) is 5.52. The first-order chi connectivity index (χ1) is 10.5. The van der Waals surface area contributed by atoms with Crippen molar-refractivity contribution in [1.82, 2.24) is 0 Å². The molecular weight excluding hydrogens is 327 g/mol. The van der Waals surface area contributed by atoms with Crippen molar-refractivity contribution in [1.29, 1.82) is 0 Å². The Labute approximate surface area is 138 Å². The molecule has 1 N–H and O–H groups in total. The van der Waals surface area contributed by atoms with Crippen LogP contribution in [0, 0.1) is 0 Å². The second-order valence-electron chi connectivity index (χ2n) is 4.54. The topological polar surface area (TPSA) is 55.8 Å². The van der Waals surface area contributed by atoms with Crippen molar-refractivity contribution in [3.63, 3.8) is 0 Å². The largest absolute Gasteiger partial charge is 0.497 e. The fourth-order valence-electron chi connectivity index (χ4n) is 1.92. The Balaban J connectivity index is 2.20. The summed E-state index contributed by atoms with van der Waals surface area (Å²) < 4.78 is 10.6. The van der Waals surface area contributed by atoms with E-state index in [9.17, 15) is 9.90 Å². The molecule has 0 fully saturated rings. The zero-order valence-corrected chi connectivity index (χ0v) is 13.3. The van der Waals surface area contributed by atoms with Crippen molar-refractivity contribution in [2.24, 2.45) is 0 Å². The van der Waals surface area contributed by atoms with Crippen molar-refractivity contribution >= 4 is 29.2 Å². The van der Waals surface area contributed by atoms with Crippen molar-refractivity contribution < 1.29 is 19.4 Å². The maximum atomic E-state index is 11.4. The lowest BCUT2D eigenvalue weighted by Crippen LogP contribution is -2.29. The third-order valence-corrected chi connectivity index (χ3v) is 3.89. The number of ether oxygens (including phenoxy) is 2. The normalized spacial score (nSPS) is 11.8. The first-order valence-corrected chi connectivity index (χ1v) is 7.23. The molecule has 0 radical (unpaired) electrons. The van der Waals surface area contributed by atoms with Gasteiger partial charge < -0.3 is 14.6 Å². The highest BCUT2D eigenvalue weighted by Gasteiger charge is 2.22. The predicted molar refractivity (Wildman–Crippen MR) is 85.2 cm³/mol. The monoisotopic (exact) mass is 340 g/mol. The summed E-state index contributed by atoms with van der Waals surface area (Å²) in [5.41, 5.74) is 0.615. The molecule has 0 saturated heterocycles. The summed E-state index contributed by atoms with van der Waals surface area (Å²) in [6, 6.07) is 11.8. The average molecular weight is 341 g/mol. The van der Waals surface area contributed by atoms with Gasteiger partial charge in [0.05, 0.1) is 17.2 Å². The zero-order valence-electron chi connectivity index (χ0n) is 11.8. The van der Waals surface area contributed by atoms with Crippen molar-refractivity contribution in [3.8, 4) is 11.5 Å². The molecule has 0 aliphatic heterocycles. The molecule has 6 heteroatoms. The summed E-state index contributed by atoms with van der Waals surface area (Å²) in [4.78, 5) is 11.4. The fourth-order valence-corrected chi connectivity index (χ4v) is 2.32. The highest BCUT2D eigenvalue weighted by Crippen LogP contribution is 2.27. The van der Waals surface area contributed by atoms with Gasteiger partial charge in [-0.3, -0.25) is 0 Å². The van der Waals surface area contributed by atoms with Gasteiger partial charge in [0.15, 0.2) is 6.10 Å². The Morgan fingerprint density at radius 1 is 1.18 bits per heavy atom. The number of halogens is 2. The summed E-state index contributed by atoms with van der Waals surface area (Å²) in [6.07, 6.45) is -0.977. The molecule has 0 bridgehead atoms. The van der Waals surface area contributed by atoms with E-state index in [1.54, 1.807) is 42.5 Å². The molecule has 0 heterocycles. The maximum absolute atomic E-state index is 11.4. The van der Waals surface area contributed by atoms with Gasteiger partial charge in [-0.05, 0) is 23.8 Å². The summed E-state index contributed by atoms with van der Waals surface area (Å²) in [7, 11) is 1.53. The van der Waals surface area contributed by atoms with E-state index in [-0.39, 0.29) is 6.42 Å². The molecule has 0 aromatic heterocycles. The maximum Gasteiger partial charge on any atom is 0.345 e. The summed E-state index contributed by atoms with van der Waals surface area (Å²) in [5.74, 6) is -0.0915. The number of rotatable bonds is 6. The van der Waals surface area contributed by atoms with Crippen molar-refractivity contribution in [2.75, 3.05) is 7.11 Å². The molecule has 1 unspecified atom stereocenters. The lowest BCUT2D eigenvalue weighted by atomic mass is 10.1. The second kappa shape index (κ2) is 7.38. The highest BCUT2D eigenvalue weighted by atomic mass is 35.5. The third-order valence-electron chi connectivity index (χ3n) is 3.03. The van der Waals surface area contributed by atoms with E-state index in [4.69, 9.17) is 32.7 Å². The summed E-state index contributed by atoms with van der Waals surface area (Å²) in [6.45, 7) is 0. The van der Waals surface area contributed by atoms with E-state index < -0.39 is 12.1 Å². The van der Waals surface area contributed by atoms with Crippen LogP contribution in [0.25, 0.3) is 0 Å². The Bertz CT molecular complexity index is 673. The molecule has 0 spiro atoms. The minimum absolute atomic E-state index is 0.103. The molecule has 2 aromatic carbocycles. The second-order valence-corrected chi connectivity index (χ2v) is 5.33. The quantitative estimate of drug-likeness (QED) is 0.860. The number of carbonyl (C=O) groups is 1. The number of hydrogen-bond donors (Lipinski definition) is 1. The SMILES string of the molecule is COc1cccc(OC(Cc2cccc(Cl)c2Cl)C(=O)O)c1. The standard InChI is InChI=1S/C16H14Cl2O4/c1-21-11-5-3-6-12(9-11)22-14(16(19)20)8-10-4-2-7-13(17)15(10)18/h2-7,9,14H,8H2,1H3,(H,19,20). The van der Waals surface area contributed by atoms with E-state index in [2.05, 4.69) is 0 Å². The Morgan fingerprint density at radius 3 is 2.55 bits per heavy atom. The number of methoxy groups -OCH3 is 1. The van der Waals surface area contributed by atoms with Crippen molar-refractivity contribution in [3.05, 3.63) is 58.1 Å². The lowest BCUT2D eigenvalue weighted by molar-refractivity contribution is -0.145. The lowest BCUT2D eigenvalue weighted by Gasteiger charge is -2.16. The Hall–Kier alpha value is -1.91.